The van der Waals surface area contributed by atoms with Gasteiger partial charge in [0, 0.05) is 99.4 Å². The second kappa shape index (κ2) is 11.2. The zero-order valence-corrected chi connectivity index (χ0v) is 26.2. The van der Waals surface area contributed by atoms with Crippen LogP contribution in [0.15, 0.2) is 37.1 Å². The van der Waals surface area contributed by atoms with Gasteiger partial charge in [-0.2, -0.15) is 10.1 Å². The summed E-state index contributed by atoms with van der Waals surface area (Å²) >= 11 is 6.93. The van der Waals surface area contributed by atoms with Crippen molar-refractivity contribution in [2.24, 2.45) is 0 Å². The third-order valence-electron chi connectivity index (χ3n) is 10.1. The summed E-state index contributed by atoms with van der Waals surface area (Å²) in [5.74, 6) is 0.621. The van der Waals surface area contributed by atoms with Gasteiger partial charge in [0.1, 0.15) is 11.3 Å². The Bertz CT molecular complexity index is 1800. The summed E-state index contributed by atoms with van der Waals surface area (Å²) in [6.45, 7) is 13.8. The Labute approximate surface area is 266 Å². The van der Waals surface area contributed by atoms with E-state index >= 15 is 4.39 Å². The summed E-state index contributed by atoms with van der Waals surface area (Å²) in [5, 5.41) is 8.85. The maximum atomic E-state index is 16.9. The molecule has 234 valence electrons. The molecule has 8 rings (SSSR count). The van der Waals surface area contributed by atoms with Crippen molar-refractivity contribution >= 4 is 51.1 Å². The van der Waals surface area contributed by atoms with Gasteiger partial charge in [-0.15, -0.1) is 0 Å². The van der Waals surface area contributed by atoms with E-state index < -0.39 is 5.82 Å². The third kappa shape index (κ3) is 5.01. The first-order chi connectivity index (χ1) is 21.9. The molecule has 3 saturated heterocycles. The maximum absolute atomic E-state index is 16.9. The van der Waals surface area contributed by atoms with Crippen molar-refractivity contribution in [3.8, 4) is 11.1 Å². The Morgan fingerprint density at radius 2 is 1.67 bits per heavy atom. The summed E-state index contributed by atoms with van der Waals surface area (Å²) in [5.41, 5.74) is 2.99. The van der Waals surface area contributed by atoms with Gasteiger partial charge in [-0.25, -0.2) is 9.37 Å². The zero-order valence-electron chi connectivity index (χ0n) is 25.5. The molecule has 3 aliphatic heterocycles. The monoisotopic (exact) mass is 629 g/mol. The van der Waals surface area contributed by atoms with Crippen LogP contribution in [0.25, 0.3) is 32.9 Å². The van der Waals surface area contributed by atoms with Crippen LogP contribution in [0.5, 0.6) is 0 Å². The highest BCUT2D eigenvalue weighted by atomic mass is 35.5. The number of piperazine rings is 2. The molecule has 45 heavy (non-hydrogen) atoms. The van der Waals surface area contributed by atoms with E-state index in [4.69, 9.17) is 21.6 Å². The van der Waals surface area contributed by atoms with Gasteiger partial charge in [-0.05, 0) is 43.5 Å². The Balaban J connectivity index is 1.16. The highest BCUT2D eigenvalue weighted by Gasteiger charge is 2.38. The second-order valence-electron chi connectivity index (χ2n) is 12.8. The molecule has 0 bridgehead atoms. The molecule has 1 amide bonds. The highest BCUT2D eigenvalue weighted by molar-refractivity contribution is 6.35. The van der Waals surface area contributed by atoms with Crippen LogP contribution in [0.1, 0.15) is 18.4 Å². The lowest BCUT2D eigenvalue weighted by atomic mass is 9.95. The topological polar surface area (TPSA) is 87.7 Å². The van der Waals surface area contributed by atoms with Crippen molar-refractivity contribution in [1.29, 1.82) is 0 Å². The van der Waals surface area contributed by atoms with Crippen LogP contribution in [0, 0.1) is 12.7 Å². The first-order valence-electron chi connectivity index (χ1n) is 15.9. The molecule has 2 aromatic carbocycles. The van der Waals surface area contributed by atoms with Crippen molar-refractivity contribution in [3.63, 3.8) is 0 Å². The number of aryl methyl sites for hydroxylation is 1. The molecule has 12 heteroatoms. The Morgan fingerprint density at radius 1 is 0.956 bits per heavy atom. The van der Waals surface area contributed by atoms with Gasteiger partial charge >= 0.3 is 0 Å². The summed E-state index contributed by atoms with van der Waals surface area (Å²) in [4.78, 5) is 33.5. The van der Waals surface area contributed by atoms with E-state index in [9.17, 15) is 4.79 Å². The number of H-pyrrole nitrogens is 1. The number of carbonyl (C=O) groups excluding carboxylic acids is 1. The molecule has 5 heterocycles. The fraction of sp³-hybridized carbons (Fsp3) is 0.455. The molecular formula is C33H37ClFN9O. The number of hydrogen-bond donors (Lipinski definition) is 1. The van der Waals surface area contributed by atoms with Crippen molar-refractivity contribution < 1.29 is 9.18 Å². The average molecular weight is 630 g/mol. The molecule has 0 atom stereocenters. The number of halogens is 2. The van der Waals surface area contributed by atoms with Crippen molar-refractivity contribution in [2.45, 2.75) is 31.8 Å². The second-order valence-corrected chi connectivity index (χ2v) is 13.2. The molecule has 4 aromatic rings. The van der Waals surface area contributed by atoms with Crippen molar-refractivity contribution in [3.05, 3.63) is 53.5 Å². The lowest BCUT2D eigenvalue weighted by Crippen LogP contribution is -2.63. The molecule has 0 radical (unpaired) electrons. The number of fused-ring (bicyclic) bond motifs is 2. The largest absolute Gasteiger partial charge is 0.352 e. The average Bonchev–Trinajstić information content (AvgIpc) is 3.78. The van der Waals surface area contributed by atoms with Crippen LogP contribution in [0.4, 0.5) is 16.2 Å². The zero-order chi connectivity index (χ0) is 30.8. The standard InChI is InChI=1S/C33H37ClFN9O/c1-3-27(45)42-12-14-43(15-13-42)32-23-16-25(34)29(28-20(2)4-7-26-24(28)17-36-39-26)30(35)31(23)37-33(38-32)44-18-22(19-44)41-10-8-40(9-11-41)21-5-6-21/h3-4,7,16-17,21-22H,1,5-6,8-15,18-19H2,2H3,(H,36,39). The van der Waals surface area contributed by atoms with Crippen molar-refractivity contribution in [1.82, 2.24) is 34.9 Å². The maximum Gasteiger partial charge on any atom is 0.246 e. The van der Waals surface area contributed by atoms with E-state index in [2.05, 4.69) is 36.4 Å². The molecule has 2 aromatic heterocycles. The molecular weight excluding hydrogens is 593 g/mol. The number of carbonyl (C=O) groups is 1. The van der Waals surface area contributed by atoms with Crippen molar-refractivity contribution in [2.75, 3.05) is 75.2 Å². The molecule has 4 aliphatic rings. The highest BCUT2D eigenvalue weighted by Crippen LogP contribution is 2.42. The Morgan fingerprint density at radius 3 is 2.36 bits per heavy atom. The van der Waals surface area contributed by atoms with Crippen LogP contribution < -0.4 is 9.80 Å². The van der Waals surface area contributed by atoms with Crippen LogP contribution in [0.3, 0.4) is 0 Å². The lowest BCUT2D eigenvalue weighted by Gasteiger charge is -2.48. The van der Waals surface area contributed by atoms with Crippen LogP contribution in [-0.2, 0) is 4.79 Å². The molecule has 1 N–H and O–H groups in total. The fourth-order valence-corrected chi connectivity index (χ4v) is 7.55. The number of nitrogens with zero attached hydrogens (tertiary/aromatic N) is 8. The summed E-state index contributed by atoms with van der Waals surface area (Å²) in [7, 11) is 0. The number of rotatable bonds is 6. The predicted octanol–water partition coefficient (Wildman–Crippen LogP) is 4.08. The summed E-state index contributed by atoms with van der Waals surface area (Å²) in [6.07, 6.45) is 5.75. The minimum Gasteiger partial charge on any atom is -0.352 e. The summed E-state index contributed by atoms with van der Waals surface area (Å²) in [6, 6.07) is 6.93. The molecule has 4 fully saturated rings. The number of aromatic nitrogens is 4. The van der Waals surface area contributed by atoms with E-state index in [1.54, 1.807) is 17.2 Å². The smallest absolute Gasteiger partial charge is 0.246 e. The van der Waals surface area contributed by atoms with Gasteiger partial charge in [0.25, 0.3) is 0 Å². The molecule has 10 nitrogen and oxygen atoms in total. The number of aromatic amines is 1. The molecule has 1 aliphatic carbocycles. The van der Waals surface area contributed by atoms with Gasteiger partial charge in [0.15, 0.2) is 5.82 Å². The summed E-state index contributed by atoms with van der Waals surface area (Å²) < 4.78 is 16.9. The van der Waals surface area contributed by atoms with E-state index in [0.717, 1.165) is 61.8 Å². The SMILES string of the molecule is C=CC(=O)N1CCN(c2nc(N3CC(N4CCN(C5CC5)CC4)C3)nc3c(F)c(-c4c(C)ccc5[nH]ncc45)c(Cl)cc23)CC1. The number of benzene rings is 2. The van der Waals surface area contributed by atoms with Crippen LogP contribution in [-0.4, -0.2) is 118 Å². The Hall–Kier alpha value is -3.80. The molecule has 0 unspecified atom stereocenters. The van der Waals surface area contributed by atoms with Gasteiger partial charge in [0.05, 0.1) is 16.7 Å². The van der Waals surface area contributed by atoms with Gasteiger partial charge in [0.2, 0.25) is 11.9 Å². The number of hydrogen-bond acceptors (Lipinski definition) is 8. The van der Waals surface area contributed by atoms with Crippen LogP contribution >= 0.6 is 11.6 Å². The minimum absolute atomic E-state index is 0.0880. The minimum atomic E-state index is -0.465. The third-order valence-corrected chi connectivity index (χ3v) is 10.4. The normalized spacial score (nSPS) is 20.3. The first-order valence-corrected chi connectivity index (χ1v) is 16.3. The van der Waals surface area contributed by atoms with E-state index in [1.807, 2.05) is 19.1 Å². The number of anilines is 2. The van der Waals surface area contributed by atoms with E-state index in [-0.39, 0.29) is 11.4 Å². The number of amides is 1. The van der Waals surface area contributed by atoms with E-state index in [0.29, 0.717) is 65.5 Å². The Kier molecular flexibility index (Phi) is 7.15. The lowest BCUT2D eigenvalue weighted by molar-refractivity contribution is -0.126. The molecule has 0 spiro atoms. The predicted molar refractivity (Wildman–Crippen MR) is 175 cm³/mol. The molecule has 1 saturated carbocycles. The fourth-order valence-electron chi connectivity index (χ4n) is 7.26. The van der Waals surface area contributed by atoms with E-state index in [1.165, 1.54) is 18.9 Å². The number of nitrogens with one attached hydrogen (secondary N) is 1. The van der Waals surface area contributed by atoms with Gasteiger partial charge in [-0.1, -0.05) is 24.2 Å². The van der Waals surface area contributed by atoms with Gasteiger partial charge < -0.3 is 14.7 Å². The quantitative estimate of drug-likeness (QED) is 0.320. The van der Waals surface area contributed by atoms with Crippen LogP contribution in [0.2, 0.25) is 5.02 Å². The van der Waals surface area contributed by atoms with Gasteiger partial charge in [-0.3, -0.25) is 19.7 Å². The first kappa shape index (κ1) is 28.7.